The summed E-state index contributed by atoms with van der Waals surface area (Å²) in [4.78, 5) is 5.09. The van der Waals surface area contributed by atoms with Crippen LogP contribution in [0.5, 0.6) is 0 Å². The number of nitrogens with one attached hydrogen (secondary N) is 1. The number of fused-ring (bicyclic) bond motifs is 5. The van der Waals surface area contributed by atoms with Gasteiger partial charge in [0.1, 0.15) is 5.82 Å². The summed E-state index contributed by atoms with van der Waals surface area (Å²) in [6.45, 7) is 5.75. The molecule has 47 heavy (non-hydrogen) atoms. The summed E-state index contributed by atoms with van der Waals surface area (Å²) in [7, 11) is 0. The monoisotopic (exact) mass is 639 g/mol. The molecule has 3 aromatic carbocycles. The van der Waals surface area contributed by atoms with Gasteiger partial charge in [-0.15, -0.1) is 10.2 Å². The first-order chi connectivity index (χ1) is 22.8. The number of piperidine rings is 1. The molecule has 0 radical (unpaired) electrons. The Kier molecular flexibility index (Phi) is 7.73. The van der Waals surface area contributed by atoms with Crippen molar-refractivity contribution in [2.45, 2.75) is 75.2 Å². The highest BCUT2D eigenvalue weighted by Crippen LogP contribution is 2.53. The molecule has 1 spiro atoms. The van der Waals surface area contributed by atoms with Crippen molar-refractivity contribution in [3.8, 4) is 0 Å². The van der Waals surface area contributed by atoms with Crippen LogP contribution in [0.4, 0.5) is 30.2 Å². The molecule has 4 heterocycles. The van der Waals surface area contributed by atoms with Crippen LogP contribution in [0, 0.1) is 24.4 Å². The van der Waals surface area contributed by atoms with Crippen LogP contribution in [-0.2, 0) is 11.8 Å². The van der Waals surface area contributed by atoms with Gasteiger partial charge in [-0.25, -0.2) is 13.2 Å². The smallest absolute Gasteiger partial charge is 0.223 e. The number of hydrogen-bond donors (Lipinski definition) is 1. The number of hydrogen-bond acceptors (Lipinski definition) is 6. The van der Waals surface area contributed by atoms with Crippen LogP contribution in [-0.4, -0.2) is 42.4 Å². The zero-order chi connectivity index (χ0) is 32.1. The summed E-state index contributed by atoms with van der Waals surface area (Å²) < 4.78 is 48.1. The molecule has 3 aliphatic heterocycles. The number of rotatable bonds is 7. The summed E-state index contributed by atoms with van der Waals surface area (Å²) in [6, 6.07) is 16.8. The van der Waals surface area contributed by atoms with Gasteiger partial charge in [0.25, 0.3) is 0 Å². The maximum absolute atomic E-state index is 14.7. The number of aromatic nitrogens is 2. The van der Waals surface area contributed by atoms with E-state index in [4.69, 9.17) is 4.42 Å². The summed E-state index contributed by atoms with van der Waals surface area (Å²) in [5, 5.41) is 11.9. The summed E-state index contributed by atoms with van der Waals surface area (Å²) in [5.74, 6) is -1.05. The van der Waals surface area contributed by atoms with E-state index in [-0.39, 0.29) is 23.1 Å². The first-order valence-corrected chi connectivity index (χ1v) is 17.0. The van der Waals surface area contributed by atoms with Gasteiger partial charge in [0.05, 0.1) is 17.3 Å². The maximum atomic E-state index is 14.7. The van der Waals surface area contributed by atoms with Crippen LogP contribution in [0.25, 0.3) is 0 Å². The minimum atomic E-state index is -0.873. The van der Waals surface area contributed by atoms with Crippen LogP contribution < -0.4 is 15.1 Å². The van der Waals surface area contributed by atoms with E-state index in [1.165, 1.54) is 41.5 Å². The fraction of sp³-hybridized carbons (Fsp3) is 0.421. The SMILES string of the molecule is Cc1nnc(C(C=CC[C@@H]2CC3(CCN(c4ccc5c(c4)N4CCC[C@H]4CN5)CC3)c3cc(F)ccc32)Cc2ccc(F)c(F)c2)o1. The molecule has 4 aliphatic rings. The van der Waals surface area contributed by atoms with Crippen molar-refractivity contribution in [3.05, 3.63) is 113 Å². The highest BCUT2D eigenvalue weighted by atomic mass is 19.2. The zero-order valence-electron chi connectivity index (χ0n) is 26.7. The summed E-state index contributed by atoms with van der Waals surface area (Å²) in [5.41, 5.74) is 6.82. The van der Waals surface area contributed by atoms with Gasteiger partial charge in [-0.05, 0) is 115 Å². The lowest BCUT2D eigenvalue weighted by atomic mass is 9.73. The molecular weight excluding hydrogens is 599 g/mol. The molecule has 6 nitrogen and oxygen atoms in total. The van der Waals surface area contributed by atoms with E-state index < -0.39 is 11.6 Å². The first-order valence-electron chi connectivity index (χ1n) is 17.0. The second-order valence-corrected chi connectivity index (χ2v) is 13.9. The molecule has 0 amide bonds. The molecule has 2 fully saturated rings. The van der Waals surface area contributed by atoms with E-state index in [9.17, 15) is 13.2 Å². The molecule has 1 aliphatic carbocycles. The van der Waals surface area contributed by atoms with Crippen LogP contribution in [0.15, 0.2) is 71.2 Å². The van der Waals surface area contributed by atoms with Gasteiger partial charge in [-0.1, -0.05) is 24.3 Å². The zero-order valence-corrected chi connectivity index (χ0v) is 26.7. The average Bonchev–Trinajstić information content (AvgIpc) is 3.81. The Morgan fingerprint density at radius 1 is 1.00 bits per heavy atom. The quantitative estimate of drug-likeness (QED) is 0.206. The largest absolute Gasteiger partial charge is 0.425 e. The third-order valence-electron chi connectivity index (χ3n) is 11.0. The molecule has 1 unspecified atom stereocenters. The van der Waals surface area contributed by atoms with Crippen molar-refractivity contribution < 1.29 is 17.6 Å². The molecule has 0 bridgehead atoms. The third-order valence-corrected chi connectivity index (χ3v) is 11.0. The van der Waals surface area contributed by atoms with Crippen LogP contribution in [0.2, 0.25) is 0 Å². The Morgan fingerprint density at radius 3 is 2.68 bits per heavy atom. The molecule has 9 heteroatoms. The van der Waals surface area contributed by atoms with Crippen molar-refractivity contribution in [2.24, 2.45) is 0 Å². The van der Waals surface area contributed by atoms with Crippen LogP contribution >= 0.6 is 0 Å². The number of nitrogens with zero attached hydrogens (tertiary/aromatic N) is 4. The topological polar surface area (TPSA) is 57.4 Å². The number of halogens is 3. The fourth-order valence-corrected chi connectivity index (χ4v) is 8.64. The van der Waals surface area contributed by atoms with Crippen molar-refractivity contribution in [1.82, 2.24) is 10.2 Å². The lowest BCUT2D eigenvalue weighted by Crippen LogP contribution is -2.42. The number of aryl methyl sites for hydroxylation is 1. The van der Waals surface area contributed by atoms with Gasteiger partial charge in [0.15, 0.2) is 11.6 Å². The lowest BCUT2D eigenvalue weighted by molar-refractivity contribution is 0.314. The highest BCUT2D eigenvalue weighted by molar-refractivity contribution is 5.78. The highest BCUT2D eigenvalue weighted by Gasteiger charge is 2.45. The van der Waals surface area contributed by atoms with Crippen molar-refractivity contribution in [1.29, 1.82) is 0 Å². The van der Waals surface area contributed by atoms with Gasteiger partial charge in [-0.3, -0.25) is 0 Å². The van der Waals surface area contributed by atoms with E-state index in [2.05, 4.69) is 49.6 Å². The minimum Gasteiger partial charge on any atom is -0.425 e. The molecule has 1 N–H and O–H groups in total. The predicted octanol–water partition coefficient (Wildman–Crippen LogP) is 8.19. The molecule has 1 aromatic heterocycles. The molecule has 2 saturated heterocycles. The van der Waals surface area contributed by atoms with Gasteiger partial charge >= 0.3 is 0 Å². The Bertz CT molecular complexity index is 1810. The van der Waals surface area contributed by atoms with Crippen molar-refractivity contribution in [3.63, 3.8) is 0 Å². The summed E-state index contributed by atoms with van der Waals surface area (Å²) in [6.07, 6.45) is 10.8. The minimum absolute atomic E-state index is 0.0586. The Labute approximate surface area is 273 Å². The Morgan fingerprint density at radius 2 is 1.87 bits per heavy atom. The van der Waals surface area contributed by atoms with Gasteiger partial charge in [0, 0.05) is 44.8 Å². The predicted molar refractivity (Wildman–Crippen MR) is 178 cm³/mol. The van der Waals surface area contributed by atoms with Gasteiger partial charge in [0.2, 0.25) is 11.8 Å². The summed E-state index contributed by atoms with van der Waals surface area (Å²) >= 11 is 0. The maximum Gasteiger partial charge on any atom is 0.223 e. The first kappa shape index (κ1) is 30.1. The van der Waals surface area contributed by atoms with E-state index in [0.717, 1.165) is 63.5 Å². The van der Waals surface area contributed by atoms with E-state index in [1.807, 2.05) is 12.1 Å². The molecule has 0 saturated carbocycles. The normalized spacial score (nSPS) is 22.0. The molecule has 244 valence electrons. The Balaban J connectivity index is 0.992. The van der Waals surface area contributed by atoms with Crippen LogP contribution in [0.3, 0.4) is 0 Å². The van der Waals surface area contributed by atoms with Crippen molar-refractivity contribution in [2.75, 3.05) is 41.3 Å². The molecule has 3 atom stereocenters. The van der Waals surface area contributed by atoms with Crippen molar-refractivity contribution >= 4 is 17.1 Å². The number of anilines is 3. The van der Waals surface area contributed by atoms with E-state index >= 15 is 0 Å². The number of benzene rings is 3. The lowest BCUT2D eigenvalue weighted by Gasteiger charge is -2.42. The molecule has 8 rings (SSSR count). The van der Waals surface area contributed by atoms with Gasteiger partial charge < -0.3 is 19.5 Å². The second kappa shape index (κ2) is 12.1. The fourth-order valence-electron chi connectivity index (χ4n) is 8.64. The molecular formula is C38H40F3N5O. The average molecular weight is 640 g/mol. The number of allylic oxidation sites excluding steroid dienone is 2. The Hall–Kier alpha value is -4.27. The van der Waals surface area contributed by atoms with Crippen LogP contribution in [0.1, 0.15) is 78.8 Å². The van der Waals surface area contributed by atoms with E-state index in [1.54, 1.807) is 25.1 Å². The second-order valence-electron chi connectivity index (χ2n) is 13.9. The molecule has 4 aromatic rings. The van der Waals surface area contributed by atoms with Gasteiger partial charge in [-0.2, -0.15) is 0 Å². The standard InChI is InChI=1S/C38H40F3N5O/c1-24-43-44-37(47-24)26(18-25-7-11-33(40)34(41)19-25)4-2-5-27-22-38(32-20-28(39)8-10-31(27)32)13-16-45(17-14-38)29-9-12-35-36(21-29)46-15-3-6-30(46)23-42-35/h2,4,7-12,19-21,26-27,30,42H,3,5-6,13-18,22-23H2,1H3/t26?,27-,30+/m1/s1. The third kappa shape index (κ3) is 5.68. The van der Waals surface area contributed by atoms with E-state index in [0.29, 0.717) is 29.8 Å².